The predicted molar refractivity (Wildman–Crippen MR) is 60.6 cm³/mol. The van der Waals surface area contributed by atoms with Gasteiger partial charge in [-0.2, -0.15) is 9.61 Å². The van der Waals surface area contributed by atoms with Crippen LogP contribution < -0.4 is 5.73 Å². The molecule has 0 saturated heterocycles. The first-order chi connectivity index (χ1) is 7.83. The van der Waals surface area contributed by atoms with Gasteiger partial charge in [0.25, 0.3) is 0 Å². The highest BCUT2D eigenvalue weighted by Crippen LogP contribution is 2.18. The second-order valence-corrected chi connectivity index (χ2v) is 3.47. The maximum atomic E-state index is 5.63. The highest BCUT2D eigenvalue weighted by molar-refractivity contribution is 5.62. The highest BCUT2D eigenvalue weighted by Gasteiger charge is 2.01. The number of nitrogens with zero attached hydrogens (tertiary/aromatic N) is 4. The molecule has 0 amide bonds. The molecular formula is C11H9N5. The average Bonchev–Trinajstić information content (AvgIpc) is 2.77. The number of anilines is 1. The largest absolute Gasteiger partial charge is 0.399 e. The first-order valence-corrected chi connectivity index (χ1v) is 4.86. The number of benzene rings is 1. The predicted octanol–water partition coefficient (Wildman–Crippen LogP) is 1.37. The molecule has 0 aliphatic carbocycles. The molecule has 0 spiro atoms. The monoisotopic (exact) mass is 211 g/mol. The lowest BCUT2D eigenvalue weighted by Gasteiger charge is -2.01. The molecule has 2 aromatic heterocycles. The molecule has 5 heteroatoms. The fourth-order valence-corrected chi connectivity index (χ4v) is 1.54. The Morgan fingerprint density at radius 2 is 1.81 bits per heavy atom. The molecule has 0 saturated carbocycles. The van der Waals surface area contributed by atoms with E-state index in [-0.39, 0.29) is 0 Å². The van der Waals surface area contributed by atoms with Crippen LogP contribution in [0.4, 0.5) is 5.69 Å². The van der Waals surface area contributed by atoms with Crippen molar-refractivity contribution >= 4 is 11.3 Å². The zero-order chi connectivity index (χ0) is 11.0. The second kappa shape index (κ2) is 3.30. The summed E-state index contributed by atoms with van der Waals surface area (Å²) in [6, 6.07) is 11.4. The lowest BCUT2D eigenvalue weighted by Crippen LogP contribution is -1.93. The molecule has 0 bridgehead atoms. The fraction of sp³-hybridized carbons (Fsp3) is 0. The van der Waals surface area contributed by atoms with E-state index in [2.05, 4.69) is 15.3 Å². The molecule has 0 aliphatic rings. The normalized spacial score (nSPS) is 10.8. The Hall–Kier alpha value is -2.43. The van der Waals surface area contributed by atoms with Gasteiger partial charge < -0.3 is 5.73 Å². The van der Waals surface area contributed by atoms with Gasteiger partial charge in [-0.15, -0.1) is 10.2 Å². The number of hydrogen-bond acceptors (Lipinski definition) is 4. The average molecular weight is 211 g/mol. The van der Waals surface area contributed by atoms with E-state index in [1.165, 1.54) is 0 Å². The van der Waals surface area contributed by atoms with E-state index in [1.54, 1.807) is 10.8 Å². The van der Waals surface area contributed by atoms with Crippen LogP contribution in [0.5, 0.6) is 0 Å². The molecule has 3 rings (SSSR count). The lowest BCUT2D eigenvalue weighted by molar-refractivity contribution is 0.932. The molecule has 16 heavy (non-hydrogen) atoms. The molecule has 0 aliphatic heterocycles. The third-order valence-corrected chi connectivity index (χ3v) is 2.37. The summed E-state index contributed by atoms with van der Waals surface area (Å²) in [5, 5.41) is 12.1. The van der Waals surface area contributed by atoms with Crippen molar-refractivity contribution in [2.45, 2.75) is 0 Å². The summed E-state index contributed by atoms with van der Waals surface area (Å²) < 4.78 is 1.64. The number of nitrogen functional groups attached to an aromatic ring is 1. The molecule has 2 N–H and O–H groups in total. The molecule has 1 aromatic carbocycles. The molecule has 0 radical (unpaired) electrons. The van der Waals surface area contributed by atoms with Crippen molar-refractivity contribution in [1.82, 2.24) is 19.8 Å². The standard InChI is InChI=1S/C11H9N5/c12-9-3-1-8(2-4-9)10-5-6-11-14-13-7-16(11)15-10/h1-7H,12H2. The van der Waals surface area contributed by atoms with Crippen LogP contribution in [0.2, 0.25) is 0 Å². The van der Waals surface area contributed by atoms with Crippen LogP contribution in [0, 0.1) is 0 Å². The maximum absolute atomic E-state index is 5.63. The first kappa shape index (κ1) is 8.84. The lowest BCUT2D eigenvalue weighted by atomic mass is 10.1. The number of aromatic nitrogens is 4. The van der Waals surface area contributed by atoms with Crippen molar-refractivity contribution in [2.24, 2.45) is 0 Å². The third kappa shape index (κ3) is 1.38. The van der Waals surface area contributed by atoms with Crippen LogP contribution in [-0.2, 0) is 0 Å². The van der Waals surface area contributed by atoms with Crippen molar-refractivity contribution in [2.75, 3.05) is 5.73 Å². The minimum atomic E-state index is 0.735. The van der Waals surface area contributed by atoms with Crippen LogP contribution in [0.3, 0.4) is 0 Å². The Bertz CT molecular complexity index is 626. The van der Waals surface area contributed by atoms with Gasteiger partial charge in [0.05, 0.1) is 5.69 Å². The second-order valence-electron chi connectivity index (χ2n) is 3.47. The van der Waals surface area contributed by atoms with E-state index in [0.29, 0.717) is 0 Å². The van der Waals surface area contributed by atoms with Crippen LogP contribution in [0.25, 0.3) is 16.9 Å². The van der Waals surface area contributed by atoms with Crippen LogP contribution in [0.15, 0.2) is 42.7 Å². The SMILES string of the molecule is Nc1ccc(-c2ccc3nncn3n2)cc1. The Balaban J connectivity index is 2.14. The van der Waals surface area contributed by atoms with Crippen LogP contribution in [0.1, 0.15) is 0 Å². The van der Waals surface area contributed by atoms with Gasteiger partial charge in [0.15, 0.2) is 5.65 Å². The van der Waals surface area contributed by atoms with Gasteiger partial charge in [-0.1, -0.05) is 12.1 Å². The third-order valence-electron chi connectivity index (χ3n) is 2.37. The van der Waals surface area contributed by atoms with Crippen LogP contribution >= 0.6 is 0 Å². The zero-order valence-corrected chi connectivity index (χ0v) is 8.41. The van der Waals surface area contributed by atoms with E-state index >= 15 is 0 Å². The van der Waals surface area contributed by atoms with Crippen molar-refractivity contribution < 1.29 is 0 Å². The van der Waals surface area contributed by atoms with Crippen molar-refractivity contribution in [1.29, 1.82) is 0 Å². The summed E-state index contributed by atoms with van der Waals surface area (Å²) in [4.78, 5) is 0. The molecule has 5 nitrogen and oxygen atoms in total. The molecular weight excluding hydrogens is 202 g/mol. The molecule has 0 fully saturated rings. The van der Waals surface area contributed by atoms with Gasteiger partial charge >= 0.3 is 0 Å². The zero-order valence-electron chi connectivity index (χ0n) is 8.41. The quantitative estimate of drug-likeness (QED) is 0.617. The molecule has 2 heterocycles. The van der Waals surface area contributed by atoms with Gasteiger partial charge in [-0.25, -0.2) is 0 Å². The van der Waals surface area contributed by atoms with E-state index in [1.807, 2.05) is 36.4 Å². The number of rotatable bonds is 1. The van der Waals surface area contributed by atoms with Crippen LogP contribution in [-0.4, -0.2) is 19.8 Å². The summed E-state index contributed by atoms with van der Waals surface area (Å²) >= 11 is 0. The minimum Gasteiger partial charge on any atom is -0.399 e. The Morgan fingerprint density at radius 1 is 1.00 bits per heavy atom. The van der Waals surface area contributed by atoms with Crippen molar-refractivity contribution in [3.8, 4) is 11.3 Å². The smallest absolute Gasteiger partial charge is 0.177 e. The van der Waals surface area contributed by atoms with E-state index < -0.39 is 0 Å². The number of hydrogen-bond donors (Lipinski definition) is 1. The van der Waals surface area contributed by atoms with Gasteiger partial charge in [0.2, 0.25) is 0 Å². The maximum Gasteiger partial charge on any atom is 0.177 e. The first-order valence-electron chi connectivity index (χ1n) is 4.86. The number of nitrogens with two attached hydrogens (primary N) is 1. The Kier molecular flexibility index (Phi) is 1.83. The Morgan fingerprint density at radius 3 is 2.62 bits per heavy atom. The molecule has 3 aromatic rings. The van der Waals surface area contributed by atoms with E-state index in [9.17, 15) is 0 Å². The molecule has 0 unspecified atom stereocenters. The van der Waals surface area contributed by atoms with E-state index in [0.717, 1.165) is 22.6 Å². The minimum absolute atomic E-state index is 0.735. The van der Waals surface area contributed by atoms with E-state index in [4.69, 9.17) is 5.73 Å². The van der Waals surface area contributed by atoms with Crippen molar-refractivity contribution in [3.63, 3.8) is 0 Å². The van der Waals surface area contributed by atoms with Crippen molar-refractivity contribution in [3.05, 3.63) is 42.7 Å². The highest BCUT2D eigenvalue weighted by atomic mass is 15.3. The summed E-state index contributed by atoms with van der Waals surface area (Å²) in [5.74, 6) is 0. The summed E-state index contributed by atoms with van der Waals surface area (Å²) in [6.07, 6.45) is 1.58. The Labute approximate surface area is 91.5 Å². The molecule has 78 valence electrons. The summed E-state index contributed by atoms with van der Waals surface area (Å²) in [6.45, 7) is 0. The molecule has 0 atom stereocenters. The van der Waals surface area contributed by atoms with Gasteiger partial charge in [0, 0.05) is 11.3 Å². The fourth-order valence-electron chi connectivity index (χ4n) is 1.54. The number of fused-ring (bicyclic) bond motifs is 1. The van der Waals surface area contributed by atoms with Gasteiger partial charge in [-0.3, -0.25) is 0 Å². The summed E-state index contributed by atoms with van der Waals surface area (Å²) in [5.41, 5.74) is 9.00. The van der Waals surface area contributed by atoms with Gasteiger partial charge in [-0.05, 0) is 24.3 Å². The van der Waals surface area contributed by atoms with Gasteiger partial charge in [0.1, 0.15) is 6.33 Å². The summed E-state index contributed by atoms with van der Waals surface area (Å²) in [7, 11) is 0. The topological polar surface area (TPSA) is 69.1 Å².